The molecule has 0 N–H and O–H groups in total. The quantitative estimate of drug-likeness (QED) is 0.171. The van der Waals surface area contributed by atoms with E-state index in [2.05, 4.69) is 193 Å². The molecule has 1 heteroatoms. The van der Waals surface area contributed by atoms with Gasteiger partial charge in [0.2, 0.25) is 0 Å². The van der Waals surface area contributed by atoms with Gasteiger partial charge in [-0.1, -0.05) is 146 Å². The normalized spacial score (nSPS) is 15.8. The van der Waals surface area contributed by atoms with Crippen LogP contribution in [0.2, 0.25) is 0 Å². The Morgan fingerprint density at radius 1 is 0.446 bits per heavy atom. The summed E-state index contributed by atoms with van der Waals surface area (Å²) < 4.78 is 2.49. The predicted molar refractivity (Wildman–Crippen MR) is 235 cm³/mol. The van der Waals surface area contributed by atoms with Crippen LogP contribution in [0.15, 0.2) is 188 Å². The summed E-state index contributed by atoms with van der Waals surface area (Å²) in [5.74, 6) is 0. The zero-order valence-electron chi connectivity index (χ0n) is 31.2. The molecule has 4 aliphatic rings. The number of rotatable bonds is 4. The van der Waals surface area contributed by atoms with Crippen molar-refractivity contribution < 1.29 is 0 Å². The van der Waals surface area contributed by atoms with Crippen LogP contribution < -0.4 is 0 Å². The van der Waals surface area contributed by atoms with E-state index in [1.165, 1.54) is 105 Å². The molecule has 12 rings (SSSR count). The molecule has 0 unspecified atom stereocenters. The highest BCUT2D eigenvalue weighted by molar-refractivity contribution is 6.11. The summed E-state index contributed by atoms with van der Waals surface area (Å²) in [5.41, 5.74) is 22.0. The Labute approximate surface area is 327 Å². The fourth-order valence-electron chi connectivity index (χ4n) is 10.5. The van der Waals surface area contributed by atoms with E-state index in [-0.39, 0.29) is 5.41 Å². The largest absolute Gasteiger partial charge is 0.309 e. The number of hydrogen-bond acceptors (Lipinski definition) is 0. The molecule has 4 aliphatic carbocycles. The second-order valence-electron chi connectivity index (χ2n) is 15.8. The molecule has 0 atom stereocenters. The lowest BCUT2D eigenvalue weighted by molar-refractivity contribution is 0.794. The van der Waals surface area contributed by atoms with E-state index in [9.17, 15) is 0 Å². The molecule has 8 aromatic rings. The summed E-state index contributed by atoms with van der Waals surface area (Å²) in [6.07, 6.45) is 18.2. The molecule has 0 fully saturated rings. The van der Waals surface area contributed by atoms with Crippen molar-refractivity contribution in [1.82, 2.24) is 4.57 Å². The smallest absolute Gasteiger partial charge is 0.0725 e. The molecule has 1 spiro atoms. The molecule has 7 aromatic carbocycles. The summed E-state index contributed by atoms with van der Waals surface area (Å²) in [5, 5.41) is 2.55. The van der Waals surface area contributed by atoms with Gasteiger partial charge in [-0.2, -0.15) is 0 Å². The van der Waals surface area contributed by atoms with Crippen molar-refractivity contribution in [1.29, 1.82) is 0 Å². The Balaban J connectivity index is 1.06. The second kappa shape index (κ2) is 12.2. The van der Waals surface area contributed by atoms with Gasteiger partial charge in [0.25, 0.3) is 0 Å². The van der Waals surface area contributed by atoms with Crippen molar-refractivity contribution in [3.05, 3.63) is 221 Å². The Morgan fingerprint density at radius 3 is 1.80 bits per heavy atom. The maximum atomic E-state index is 2.50. The van der Waals surface area contributed by atoms with Crippen LogP contribution in [0, 0.1) is 0 Å². The highest BCUT2D eigenvalue weighted by Gasteiger charge is 2.51. The van der Waals surface area contributed by atoms with Crippen LogP contribution in [-0.2, 0) is 5.41 Å². The van der Waals surface area contributed by atoms with Crippen molar-refractivity contribution in [2.45, 2.75) is 31.1 Å². The number of benzene rings is 7. The molecule has 0 bridgehead atoms. The van der Waals surface area contributed by atoms with Gasteiger partial charge in [0.05, 0.1) is 16.4 Å². The Kier molecular flexibility index (Phi) is 6.86. The number of nitrogens with zero attached hydrogens (tertiary/aromatic N) is 1. The van der Waals surface area contributed by atoms with Crippen LogP contribution in [0.3, 0.4) is 0 Å². The van der Waals surface area contributed by atoms with Gasteiger partial charge in [-0.05, 0) is 146 Å². The number of hydrogen-bond donors (Lipinski definition) is 0. The van der Waals surface area contributed by atoms with Gasteiger partial charge >= 0.3 is 0 Å². The molecule has 0 amide bonds. The zero-order valence-corrected chi connectivity index (χ0v) is 31.2. The van der Waals surface area contributed by atoms with E-state index in [0.717, 1.165) is 25.7 Å². The standard InChI is InChI=1S/C55H39N/c1-3-15-36(16-4-1)40-31-41(37-17-5-2-6-18-37)33-42(32-40)56-53-26-14-10-22-47(53)48-34-38(28-30-54(48)56)39-27-29-46-45-21-9-13-25-51(45)55(52(46)35-39)49-23-11-7-19-43(49)44-20-8-12-24-50(44)55/h1,3,5,7-15,17-35H,2,4,6,16H2. The SMILES string of the molecule is C1=CCCC(c2cc(C3=CCCC=C3)cc(-n3c4ccccc4c4cc(-c5ccc6c(c5)C5(c7ccccc7-c7ccccc75)c5ccccc5-6)ccc43)c2)=C1. The van der Waals surface area contributed by atoms with Crippen molar-refractivity contribution in [2.75, 3.05) is 0 Å². The van der Waals surface area contributed by atoms with Gasteiger partial charge in [-0.25, -0.2) is 0 Å². The molecule has 0 saturated heterocycles. The Morgan fingerprint density at radius 2 is 1.09 bits per heavy atom. The summed E-state index contributed by atoms with van der Waals surface area (Å²) in [7, 11) is 0. The maximum Gasteiger partial charge on any atom is 0.0725 e. The highest BCUT2D eigenvalue weighted by Crippen LogP contribution is 2.63. The average molecular weight is 714 g/mol. The highest BCUT2D eigenvalue weighted by atomic mass is 15.0. The molecule has 0 saturated carbocycles. The average Bonchev–Trinajstić information content (AvgIpc) is 3.88. The first-order valence-electron chi connectivity index (χ1n) is 20.1. The second-order valence-corrected chi connectivity index (χ2v) is 15.8. The minimum absolute atomic E-state index is 0.357. The lowest BCUT2D eigenvalue weighted by atomic mass is 9.70. The maximum absolute atomic E-state index is 2.50. The summed E-state index contributed by atoms with van der Waals surface area (Å²) in [4.78, 5) is 0. The van der Waals surface area contributed by atoms with Crippen LogP contribution >= 0.6 is 0 Å². The van der Waals surface area contributed by atoms with Gasteiger partial charge in [-0.3, -0.25) is 0 Å². The number of allylic oxidation sites excluding steroid dienone is 8. The Hall–Kier alpha value is -6.70. The monoisotopic (exact) mass is 713 g/mol. The molecule has 1 heterocycles. The lowest BCUT2D eigenvalue weighted by Crippen LogP contribution is -2.25. The molecule has 1 aromatic heterocycles. The van der Waals surface area contributed by atoms with E-state index in [0.29, 0.717) is 0 Å². The van der Waals surface area contributed by atoms with Gasteiger partial charge < -0.3 is 4.57 Å². The molecular weight excluding hydrogens is 675 g/mol. The lowest BCUT2D eigenvalue weighted by Gasteiger charge is -2.30. The van der Waals surface area contributed by atoms with Crippen LogP contribution in [-0.4, -0.2) is 4.57 Å². The van der Waals surface area contributed by atoms with Crippen LogP contribution in [0.5, 0.6) is 0 Å². The molecule has 0 radical (unpaired) electrons. The molecule has 1 nitrogen and oxygen atoms in total. The minimum atomic E-state index is -0.357. The van der Waals surface area contributed by atoms with Crippen LogP contribution in [0.1, 0.15) is 59.1 Å². The third-order valence-corrected chi connectivity index (χ3v) is 12.9. The van der Waals surface area contributed by atoms with E-state index >= 15 is 0 Å². The number of para-hydroxylation sites is 1. The van der Waals surface area contributed by atoms with E-state index < -0.39 is 0 Å². The van der Waals surface area contributed by atoms with Crippen molar-refractivity contribution >= 4 is 33.0 Å². The van der Waals surface area contributed by atoms with Gasteiger partial charge in [0.1, 0.15) is 0 Å². The van der Waals surface area contributed by atoms with Crippen LogP contribution in [0.4, 0.5) is 0 Å². The first kappa shape index (κ1) is 31.6. The fourth-order valence-corrected chi connectivity index (χ4v) is 10.5. The third-order valence-electron chi connectivity index (χ3n) is 12.9. The van der Waals surface area contributed by atoms with E-state index in [1.807, 2.05) is 0 Å². The van der Waals surface area contributed by atoms with Crippen molar-refractivity contribution in [2.24, 2.45) is 0 Å². The topological polar surface area (TPSA) is 4.93 Å². The summed E-state index contributed by atoms with van der Waals surface area (Å²) >= 11 is 0. The first-order valence-corrected chi connectivity index (χ1v) is 20.1. The van der Waals surface area contributed by atoms with E-state index in [1.54, 1.807) is 0 Å². The van der Waals surface area contributed by atoms with Gasteiger partial charge in [-0.15, -0.1) is 0 Å². The van der Waals surface area contributed by atoms with Crippen molar-refractivity contribution in [3.63, 3.8) is 0 Å². The summed E-state index contributed by atoms with van der Waals surface area (Å²) in [6.45, 7) is 0. The molecular formula is C55H39N. The first-order chi connectivity index (χ1) is 27.8. The van der Waals surface area contributed by atoms with Gasteiger partial charge in [0.15, 0.2) is 0 Å². The predicted octanol–water partition coefficient (Wildman–Crippen LogP) is 14.3. The Bertz CT molecular complexity index is 3020. The zero-order chi connectivity index (χ0) is 36.8. The molecule has 0 aliphatic heterocycles. The summed E-state index contributed by atoms with van der Waals surface area (Å²) in [6, 6.07) is 57.7. The molecule has 56 heavy (non-hydrogen) atoms. The van der Waals surface area contributed by atoms with Crippen LogP contribution in [0.25, 0.3) is 72.0 Å². The fraction of sp³-hybridized carbons (Fsp3) is 0.0909. The number of aromatic nitrogens is 1. The molecule has 264 valence electrons. The van der Waals surface area contributed by atoms with Crippen molar-refractivity contribution in [3.8, 4) is 39.1 Å². The third kappa shape index (κ3) is 4.43. The van der Waals surface area contributed by atoms with E-state index in [4.69, 9.17) is 0 Å². The minimum Gasteiger partial charge on any atom is -0.309 e. The van der Waals surface area contributed by atoms with Gasteiger partial charge in [0, 0.05) is 16.5 Å². The number of fused-ring (bicyclic) bond motifs is 13.